The standard InChI is InChI=1S/C27H26ClN3O3/c1-18-8-2-5-11-23(18)30-15-19(14-26(30)33)27-29-22-10-4-6-12-24(22)31(27)16-20(32)17-34-25-13-7-3-9-21(25)28/h2-13,19-20,32H,14-17H2,1H3/t19-,20+/m0/s1. The van der Waals surface area contributed by atoms with Gasteiger partial charge in [-0.15, -0.1) is 0 Å². The van der Waals surface area contributed by atoms with Gasteiger partial charge in [0.2, 0.25) is 5.91 Å². The predicted molar refractivity (Wildman–Crippen MR) is 134 cm³/mol. The maximum Gasteiger partial charge on any atom is 0.227 e. The van der Waals surface area contributed by atoms with Crippen molar-refractivity contribution in [2.24, 2.45) is 0 Å². The average Bonchev–Trinajstić information content (AvgIpc) is 3.39. The summed E-state index contributed by atoms with van der Waals surface area (Å²) in [6.07, 6.45) is -0.402. The van der Waals surface area contributed by atoms with E-state index in [4.69, 9.17) is 21.3 Å². The van der Waals surface area contributed by atoms with Crippen LogP contribution in [0.25, 0.3) is 11.0 Å². The number of amides is 1. The molecule has 3 aromatic carbocycles. The SMILES string of the molecule is Cc1ccccc1N1C[C@@H](c2nc3ccccc3n2C[C@@H](O)COc2ccccc2Cl)CC1=O. The third-order valence-electron chi connectivity index (χ3n) is 6.24. The Morgan fingerprint density at radius 1 is 1.09 bits per heavy atom. The molecule has 0 unspecified atom stereocenters. The first-order valence-electron chi connectivity index (χ1n) is 11.4. The van der Waals surface area contributed by atoms with Crippen LogP contribution in [0.3, 0.4) is 0 Å². The maximum absolute atomic E-state index is 13.0. The summed E-state index contributed by atoms with van der Waals surface area (Å²) >= 11 is 6.17. The zero-order valence-electron chi connectivity index (χ0n) is 18.9. The summed E-state index contributed by atoms with van der Waals surface area (Å²) in [5, 5.41) is 11.3. The highest BCUT2D eigenvalue weighted by Crippen LogP contribution is 2.34. The van der Waals surface area contributed by atoms with Crippen molar-refractivity contribution in [3.8, 4) is 5.75 Å². The third kappa shape index (κ3) is 4.39. The van der Waals surface area contributed by atoms with Gasteiger partial charge in [-0.25, -0.2) is 4.98 Å². The first kappa shape index (κ1) is 22.4. The molecule has 1 N–H and O–H groups in total. The van der Waals surface area contributed by atoms with E-state index < -0.39 is 6.10 Å². The summed E-state index contributed by atoms with van der Waals surface area (Å²) in [6, 6.07) is 23.0. The van der Waals surface area contributed by atoms with E-state index in [0.717, 1.165) is 28.1 Å². The molecule has 1 amide bonds. The largest absolute Gasteiger partial charge is 0.489 e. The molecule has 2 heterocycles. The second-order valence-electron chi connectivity index (χ2n) is 8.66. The van der Waals surface area contributed by atoms with Crippen LogP contribution in [0, 0.1) is 6.92 Å². The van der Waals surface area contributed by atoms with Gasteiger partial charge in [-0.2, -0.15) is 0 Å². The number of aromatic nitrogens is 2. The Morgan fingerprint density at radius 3 is 2.65 bits per heavy atom. The van der Waals surface area contributed by atoms with E-state index in [-0.39, 0.29) is 18.4 Å². The van der Waals surface area contributed by atoms with Crippen LogP contribution in [0.1, 0.15) is 23.7 Å². The molecule has 7 heteroatoms. The van der Waals surface area contributed by atoms with Crippen LogP contribution in [0.4, 0.5) is 5.69 Å². The summed E-state index contributed by atoms with van der Waals surface area (Å²) in [4.78, 5) is 19.7. The summed E-state index contributed by atoms with van der Waals surface area (Å²) in [6.45, 7) is 2.96. The van der Waals surface area contributed by atoms with Crippen LogP contribution in [-0.4, -0.2) is 39.8 Å². The summed E-state index contributed by atoms with van der Waals surface area (Å²) < 4.78 is 7.77. The normalized spacial score (nSPS) is 16.9. The molecule has 174 valence electrons. The van der Waals surface area contributed by atoms with E-state index in [1.165, 1.54) is 0 Å². The highest BCUT2D eigenvalue weighted by atomic mass is 35.5. The van der Waals surface area contributed by atoms with Crippen LogP contribution in [0.2, 0.25) is 5.02 Å². The lowest BCUT2D eigenvalue weighted by Crippen LogP contribution is -2.27. The molecule has 1 saturated heterocycles. The van der Waals surface area contributed by atoms with E-state index in [2.05, 4.69) is 0 Å². The molecule has 1 aliphatic rings. The van der Waals surface area contributed by atoms with Gasteiger partial charge in [-0.1, -0.05) is 54.1 Å². The van der Waals surface area contributed by atoms with E-state index >= 15 is 0 Å². The minimum absolute atomic E-state index is 0.0730. The molecule has 0 spiro atoms. The molecule has 34 heavy (non-hydrogen) atoms. The van der Waals surface area contributed by atoms with Crippen molar-refractivity contribution in [3.05, 3.63) is 89.2 Å². The first-order valence-corrected chi connectivity index (χ1v) is 11.8. The second kappa shape index (κ2) is 9.49. The molecule has 1 aromatic heterocycles. The number of hydrogen-bond donors (Lipinski definition) is 1. The van der Waals surface area contributed by atoms with Crippen molar-refractivity contribution in [2.45, 2.75) is 31.9 Å². The molecular weight excluding hydrogens is 450 g/mol. The number of imidazole rings is 1. The third-order valence-corrected chi connectivity index (χ3v) is 6.55. The van der Waals surface area contributed by atoms with Gasteiger partial charge in [0.1, 0.15) is 24.3 Å². The number of anilines is 1. The molecule has 0 radical (unpaired) electrons. The molecular formula is C27H26ClN3O3. The fraction of sp³-hybridized carbons (Fsp3) is 0.259. The van der Waals surface area contributed by atoms with Gasteiger partial charge in [-0.3, -0.25) is 4.79 Å². The van der Waals surface area contributed by atoms with Crippen LogP contribution in [-0.2, 0) is 11.3 Å². The smallest absolute Gasteiger partial charge is 0.227 e. The maximum atomic E-state index is 13.0. The van der Waals surface area contributed by atoms with Crippen LogP contribution >= 0.6 is 11.6 Å². The number of hydrogen-bond acceptors (Lipinski definition) is 4. The molecule has 1 aliphatic heterocycles. The molecule has 0 saturated carbocycles. The molecule has 1 fully saturated rings. The Kier molecular flexibility index (Phi) is 6.26. The Labute approximate surface area is 203 Å². The van der Waals surface area contributed by atoms with Crippen molar-refractivity contribution >= 4 is 34.2 Å². The molecule has 4 aromatic rings. The van der Waals surface area contributed by atoms with E-state index in [0.29, 0.717) is 30.3 Å². The molecule has 5 rings (SSSR count). The fourth-order valence-electron chi connectivity index (χ4n) is 4.59. The summed E-state index contributed by atoms with van der Waals surface area (Å²) in [7, 11) is 0. The van der Waals surface area contributed by atoms with Crippen molar-refractivity contribution < 1.29 is 14.6 Å². The zero-order chi connectivity index (χ0) is 23.7. The Morgan fingerprint density at radius 2 is 1.82 bits per heavy atom. The monoisotopic (exact) mass is 475 g/mol. The lowest BCUT2D eigenvalue weighted by Gasteiger charge is -2.20. The quantitative estimate of drug-likeness (QED) is 0.410. The van der Waals surface area contributed by atoms with E-state index in [9.17, 15) is 9.90 Å². The number of aliphatic hydroxyl groups is 1. The lowest BCUT2D eigenvalue weighted by molar-refractivity contribution is -0.117. The number of aryl methyl sites for hydroxylation is 1. The van der Waals surface area contributed by atoms with Gasteiger partial charge < -0.3 is 19.3 Å². The average molecular weight is 476 g/mol. The van der Waals surface area contributed by atoms with Crippen molar-refractivity contribution in [1.82, 2.24) is 9.55 Å². The van der Waals surface area contributed by atoms with Gasteiger partial charge in [0.25, 0.3) is 0 Å². The van der Waals surface area contributed by atoms with Crippen LogP contribution in [0.15, 0.2) is 72.8 Å². The van der Waals surface area contributed by atoms with Crippen LogP contribution in [0.5, 0.6) is 5.75 Å². The Bertz CT molecular complexity index is 1340. The predicted octanol–water partition coefficient (Wildman–Crippen LogP) is 4.96. The molecule has 2 atom stereocenters. The first-order chi connectivity index (χ1) is 16.5. The number of carbonyl (C=O) groups is 1. The van der Waals surface area contributed by atoms with Gasteiger partial charge in [0.15, 0.2) is 0 Å². The number of nitrogens with zero attached hydrogens (tertiary/aromatic N) is 3. The number of fused-ring (bicyclic) bond motifs is 1. The van der Waals surface area contributed by atoms with Crippen LogP contribution < -0.4 is 9.64 Å². The number of rotatable bonds is 7. The minimum atomic E-state index is -0.780. The number of ether oxygens (including phenoxy) is 1. The number of para-hydroxylation sites is 4. The number of aliphatic hydroxyl groups excluding tert-OH is 1. The minimum Gasteiger partial charge on any atom is -0.489 e. The van der Waals surface area contributed by atoms with Crippen molar-refractivity contribution in [3.63, 3.8) is 0 Å². The number of halogens is 1. The van der Waals surface area contributed by atoms with Gasteiger partial charge in [0.05, 0.1) is 22.6 Å². The molecule has 6 nitrogen and oxygen atoms in total. The highest BCUT2D eigenvalue weighted by Gasteiger charge is 2.35. The highest BCUT2D eigenvalue weighted by molar-refractivity contribution is 6.32. The van der Waals surface area contributed by atoms with Gasteiger partial charge in [-0.05, 0) is 42.8 Å². The Hall–Kier alpha value is -3.35. The second-order valence-corrected chi connectivity index (χ2v) is 9.06. The topological polar surface area (TPSA) is 67.6 Å². The van der Waals surface area contributed by atoms with Crippen molar-refractivity contribution in [1.29, 1.82) is 0 Å². The van der Waals surface area contributed by atoms with E-state index in [1.54, 1.807) is 12.1 Å². The van der Waals surface area contributed by atoms with Gasteiger partial charge >= 0.3 is 0 Å². The summed E-state index contributed by atoms with van der Waals surface area (Å²) in [5.74, 6) is 1.35. The fourth-order valence-corrected chi connectivity index (χ4v) is 4.78. The zero-order valence-corrected chi connectivity index (χ0v) is 19.7. The molecule has 0 bridgehead atoms. The number of carbonyl (C=O) groups excluding carboxylic acids is 1. The van der Waals surface area contributed by atoms with Gasteiger partial charge in [0, 0.05) is 24.6 Å². The molecule has 0 aliphatic carbocycles. The van der Waals surface area contributed by atoms with Crippen molar-refractivity contribution in [2.75, 3.05) is 18.1 Å². The lowest BCUT2D eigenvalue weighted by atomic mass is 10.1. The number of benzene rings is 3. The Balaban J connectivity index is 1.40. The van der Waals surface area contributed by atoms with E-state index in [1.807, 2.05) is 77.1 Å². The summed E-state index contributed by atoms with van der Waals surface area (Å²) in [5.41, 5.74) is 3.78.